The zero-order chi connectivity index (χ0) is 10.6. The average Bonchev–Trinajstić information content (AvgIpc) is 2.15. The van der Waals surface area contributed by atoms with Crippen LogP contribution in [0.3, 0.4) is 0 Å². The molecular formula is C9H13N3O2. The number of carboxylic acid groups (broad SMARTS) is 1. The van der Waals surface area contributed by atoms with Gasteiger partial charge in [0.15, 0.2) is 0 Å². The van der Waals surface area contributed by atoms with Crippen LogP contribution in [0.2, 0.25) is 0 Å². The van der Waals surface area contributed by atoms with Crippen molar-refractivity contribution in [3.8, 4) is 0 Å². The fourth-order valence-electron chi connectivity index (χ4n) is 0.934. The van der Waals surface area contributed by atoms with Crippen molar-refractivity contribution >= 4 is 11.9 Å². The molecule has 1 aromatic heterocycles. The molecule has 2 N–H and O–H groups in total. The first-order valence-corrected chi connectivity index (χ1v) is 4.38. The van der Waals surface area contributed by atoms with E-state index in [0.29, 0.717) is 11.9 Å². The summed E-state index contributed by atoms with van der Waals surface area (Å²) in [6.07, 6.45) is 1.62. The number of anilines is 1. The fourth-order valence-corrected chi connectivity index (χ4v) is 0.934. The summed E-state index contributed by atoms with van der Waals surface area (Å²) in [5.41, 5.74) is 0.896. The van der Waals surface area contributed by atoms with E-state index in [4.69, 9.17) is 5.11 Å². The molecule has 1 heterocycles. The number of hydrogen-bond donors (Lipinski definition) is 2. The van der Waals surface area contributed by atoms with E-state index in [1.807, 2.05) is 19.9 Å². The van der Waals surface area contributed by atoms with Gasteiger partial charge < -0.3 is 10.4 Å². The Morgan fingerprint density at radius 1 is 1.64 bits per heavy atom. The number of carbonyl (C=O) groups is 1. The molecule has 5 heteroatoms. The largest absolute Gasteiger partial charge is 0.480 e. The molecule has 14 heavy (non-hydrogen) atoms. The molecule has 0 aliphatic heterocycles. The molecule has 0 spiro atoms. The van der Waals surface area contributed by atoms with E-state index < -0.39 is 5.97 Å². The van der Waals surface area contributed by atoms with Gasteiger partial charge in [-0.25, -0.2) is 9.97 Å². The Bertz CT molecular complexity index is 326. The lowest BCUT2D eigenvalue weighted by Crippen LogP contribution is -2.14. The molecule has 0 atom stereocenters. The van der Waals surface area contributed by atoms with Crippen molar-refractivity contribution < 1.29 is 9.90 Å². The lowest BCUT2D eigenvalue weighted by molar-refractivity contribution is -0.134. The fraction of sp³-hybridized carbons (Fsp3) is 0.444. The highest BCUT2D eigenvalue weighted by Gasteiger charge is 2.03. The van der Waals surface area contributed by atoms with Gasteiger partial charge in [-0.2, -0.15) is 0 Å². The number of nitrogens with zero attached hydrogens (tertiary/aromatic N) is 2. The molecule has 0 aromatic carbocycles. The first kappa shape index (κ1) is 10.4. The summed E-state index contributed by atoms with van der Waals surface area (Å²) < 4.78 is 0. The Balaban J connectivity index is 2.68. The summed E-state index contributed by atoms with van der Waals surface area (Å²) in [7, 11) is 0. The second-order valence-electron chi connectivity index (χ2n) is 3.21. The molecule has 0 fully saturated rings. The summed E-state index contributed by atoms with van der Waals surface area (Å²) in [4.78, 5) is 18.3. The molecule has 0 aliphatic carbocycles. The van der Waals surface area contributed by atoms with Gasteiger partial charge in [0.05, 0.1) is 0 Å². The predicted octanol–water partition coefficient (Wildman–Crippen LogP) is 1.10. The molecule has 0 amide bonds. The molecule has 1 aromatic rings. The highest BCUT2D eigenvalue weighted by atomic mass is 16.4. The molecule has 0 radical (unpaired) electrons. The molecular weight excluding hydrogens is 182 g/mol. The average molecular weight is 195 g/mol. The van der Waals surface area contributed by atoms with Crippen molar-refractivity contribution in [2.24, 2.45) is 0 Å². The van der Waals surface area contributed by atoms with Gasteiger partial charge in [0, 0.05) is 11.9 Å². The second-order valence-corrected chi connectivity index (χ2v) is 3.21. The van der Waals surface area contributed by atoms with Gasteiger partial charge in [-0.15, -0.1) is 0 Å². The Hall–Kier alpha value is -1.65. The Kier molecular flexibility index (Phi) is 3.39. The van der Waals surface area contributed by atoms with E-state index in [0.717, 1.165) is 5.69 Å². The third kappa shape index (κ3) is 3.01. The summed E-state index contributed by atoms with van der Waals surface area (Å²) in [6.45, 7) is 3.87. The highest BCUT2D eigenvalue weighted by Crippen LogP contribution is 2.11. The predicted molar refractivity (Wildman–Crippen MR) is 52.2 cm³/mol. The van der Waals surface area contributed by atoms with Gasteiger partial charge in [0.25, 0.3) is 0 Å². The maximum Gasteiger partial charge on any atom is 0.322 e. The summed E-state index contributed by atoms with van der Waals surface area (Å²) >= 11 is 0. The molecule has 0 saturated carbocycles. The second kappa shape index (κ2) is 4.55. The van der Waals surface area contributed by atoms with E-state index >= 15 is 0 Å². The smallest absolute Gasteiger partial charge is 0.322 e. The van der Waals surface area contributed by atoms with Crippen LogP contribution in [0.25, 0.3) is 0 Å². The number of hydrogen-bond acceptors (Lipinski definition) is 4. The lowest BCUT2D eigenvalue weighted by Gasteiger charge is -2.06. The highest BCUT2D eigenvalue weighted by molar-refractivity contribution is 5.71. The van der Waals surface area contributed by atoms with Gasteiger partial charge in [0.1, 0.15) is 6.54 Å². The van der Waals surface area contributed by atoms with Crippen molar-refractivity contribution in [3.05, 3.63) is 18.0 Å². The Labute approximate surface area is 82.2 Å². The lowest BCUT2D eigenvalue weighted by atomic mass is 10.1. The summed E-state index contributed by atoms with van der Waals surface area (Å²) in [5, 5.41) is 11.1. The van der Waals surface area contributed by atoms with Crippen molar-refractivity contribution in [2.45, 2.75) is 19.8 Å². The van der Waals surface area contributed by atoms with E-state index in [-0.39, 0.29) is 6.54 Å². The normalized spacial score (nSPS) is 10.2. The van der Waals surface area contributed by atoms with Crippen molar-refractivity contribution in [1.82, 2.24) is 9.97 Å². The molecule has 76 valence electrons. The van der Waals surface area contributed by atoms with Crippen molar-refractivity contribution in [1.29, 1.82) is 0 Å². The zero-order valence-corrected chi connectivity index (χ0v) is 8.19. The molecule has 5 nitrogen and oxygen atoms in total. The number of rotatable bonds is 4. The third-order valence-electron chi connectivity index (χ3n) is 1.67. The topological polar surface area (TPSA) is 75.1 Å². The number of carboxylic acids is 1. The van der Waals surface area contributed by atoms with Gasteiger partial charge in [-0.05, 0) is 12.0 Å². The SMILES string of the molecule is CC(C)c1ccnc(NCC(=O)O)n1. The Morgan fingerprint density at radius 3 is 2.93 bits per heavy atom. The van der Waals surface area contributed by atoms with Crippen LogP contribution in [0.4, 0.5) is 5.95 Å². The van der Waals surface area contributed by atoms with Crippen LogP contribution >= 0.6 is 0 Å². The van der Waals surface area contributed by atoms with Crippen LogP contribution in [-0.2, 0) is 4.79 Å². The molecule has 1 rings (SSSR count). The van der Waals surface area contributed by atoms with Crippen LogP contribution in [-0.4, -0.2) is 27.6 Å². The van der Waals surface area contributed by atoms with Crippen LogP contribution in [0.15, 0.2) is 12.3 Å². The number of aromatic nitrogens is 2. The molecule has 0 unspecified atom stereocenters. The number of nitrogens with one attached hydrogen (secondary N) is 1. The standard InChI is InChI=1S/C9H13N3O2/c1-6(2)7-3-4-10-9(12-7)11-5-8(13)14/h3-4,6H,5H2,1-2H3,(H,13,14)(H,10,11,12). The minimum atomic E-state index is -0.927. The minimum Gasteiger partial charge on any atom is -0.480 e. The van der Waals surface area contributed by atoms with Crippen LogP contribution in [0.5, 0.6) is 0 Å². The van der Waals surface area contributed by atoms with Gasteiger partial charge in [0.2, 0.25) is 5.95 Å². The molecule has 0 bridgehead atoms. The van der Waals surface area contributed by atoms with Gasteiger partial charge in [-0.3, -0.25) is 4.79 Å². The van der Waals surface area contributed by atoms with Gasteiger partial charge >= 0.3 is 5.97 Å². The third-order valence-corrected chi connectivity index (χ3v) is 1.67. The van der Waals surface area contributed by atoms with E-state index in [1.165, 1.54) is 0 Å². The quantitative estimate of drug-likeness (QED) is 0.752. The first-order chi connectivity index (χ1) is 6.59. The van der Waals surface area contributed by atoms with Crippen LogP contribution in [0, 0.1) is 0 Å². The first-order valence-electron chi connectivity index (χ1n) is 4.38. The molecule has 0 aliphatic rings. The maximum atomic E-state index is 10.3. The van der Waals surface area contributed by atoms with Gasteiger partial charge in [-0.1, -0.05) is 13.8 Å². The number of aliphatic carboxylic acids is 1. The van der Waals surface area contributed by atoms with E-state index in [9.17, 15) is 4.79 Å². The zero-order valence-electron chi connectivity index (χ0n) is 8.19. The minimum absolute atomic E-state index is 0.165. The van der Waals surface area contributed by atoms with Crippen LogP contribution in [0.1, 0.15) is 25.5 Å². The Morgan fingerprint density at radius 2 is 2.36 bits per heavy atom. The summed E-state index contributed by atoms with van der Waals surface area (Å²) in [5.74, 6) is -0.259. The van der Waals surface area contributed by atoms with E-state index in [2.05, 4.69) is 15.3 Å². The van der Waals surface area contributed by atoms with Crippen molar-refractivity contribution in [2.75, 3.05) is 11.9 Å². The summed E-state index contributed by atoms with van der Waals surface area (Å²) in [6, 6.07) is 1.82. The maximum absolute atomic E-state index is 10.3. The van der Waals surface area contributed by atoms with E-state index in [1.54, 1.807) is 6.20 Å². The van der Waals surface area contributed by atoms with Crippen molar-refractivity contribution in [3.63, 3.8) is 0 Å². The molecule has 0 saturated heterocycles. The monoisotopic (exact) mass is 195 g/mol. The van der Waals surface area contributed by atoms with Crippen LogP contribution < -0.4 is 5.32 Å².